The van der Waals surface area contributed by atoms with Gasteiger partial charge in [0, 0.05) is 22.8 Å². The Labute approximate surface area is 89.5 Å². The summed E-state index contributed by atoms with van der Waals surface area (Å²) in [4.78, 5) is 0. The topological polar surface area (TPSA) is 16.2 Å². The molecule has 1 aromatic heterocycles. The SMILES string of the molecule is CC(=N[n+]1ccccc1)c1ccccc1. The van der Waals surface area contributed by atoms with Gasteiger partial charge in [-0.1, -0.05) is 41.1 Å². The van der Waals surface area contributed by atoms with E-state index < -0.39 is 0 Å². The fourth-order valence-electron chi connectivity index (χ4n) is 1.37. The summed E-state index contributed by atoms with van der Waals surface area (Å²) in [5.74, 6) is 0. The van der Waals surface area contributed by atoms with Crippen LogP contribution >= 0.6 is 0 Å². The van der Waals surface area contributed by atoms with Crippen molar-refractivity contribution < 1.29 is 4.68 Å². The molecule has 0 unspecified atom stereocenters. The number of hydrogen-bond acceptors (Lipinski definition) is 1. The molecule has 2 aromatic rings. The average molecular weight is 197 g/mol. The maximum atomic E-state index is 4.46. The van der Waals surface area contributed by atoms with Gasteiger partial charge in [-0.2, -0.15) is 0 Å². The van der Waals surface area contributed by atoms with Crippen LogP contribution in [0.3, 0.4) is 0 Å². The lowest BCUT2D eigenvalue weighted by atomic mass is 10.1. The van der Waals surface area contributed by atoms with E-state index in [1.807, 2.05) is 60.4 Å². The Bertz CT molecular complexity index is 446. The van der Waals surface area contributed by atoms with E-state index in [-0.39, 0.29) is 0 Å². The second-order valence-corrected chi connectivity index (χ2v) is 3.31. The van der Waals surface area contributed by atoms with E-state index in [9.17, 15) is 0 Å². The molecule has 0 aliphatic carbocycles. The van der Waals surface area contributed by atoms with Crippen LogP contribution in [0.15, 0.2) is 66.0 Å². The molecule has 0 fully saturated rings. The molecule has 15 heavy (non-hydrogen) atoms. The second-order valence-electron chi connectivity index (χ2n) is 3.31. The van der Waals surface area contributed by atoms with Gasteiger partial charge in [0.15, 0.2) is 0 Å². The van der Waals surface area contributed by atoms with Gasteiger partial charge in [0.05, 0.1) is 0 Å². The third-order valence-corrected chi connectivity index (χ3v) is 2.16. The van der Waals surface area contributed by atoms with Crippen LogP contribution in [0.5, 0.6) is 0 Å². The first-order valence-electron chi connectivity index (χ1n) is 4.93. The largest absolute Gasteiger partial charge is 0.202 e. The summed E-state index contributed by atoms with van der Waals surface area (Å²) in [6.45, 7) is 2.01. The molecule has 0 N–H and O–H groups in total. The zero-order valence-corrected chi connectivity index (χ0v) is 8.67. The fourth-order valence-corrected chi connectivity index (χ4v) is 1.37. The molecule has 0 spiro atoms. The highest BCUT2D eigenvalue weighted by molar-refractivity contribution is 5.98. The Balaban J connectivity index is 2.29. The second kappa shape index (κ2) is 4.51. The van der Waals surface area contributed by atoms with E-state index in [0.29, 0.717) is 0 Å². The summed E-state index contributed by atoms with van der Waals surface area (Å²) in [6.07, 6.45) is 3.85. The van der Waals surface area contributed by atoms with Crippen LogP contribution in [-0.2, 0) is 0 Å². The van der Waals surface area contributed by atoms with Crippen molar-refractivity contribution in [3.63, 3.8) is 0 Å². The zero-order chi connectivity index (χ0) is 10.5. The van der Waals surface area contributed by atoms with E-state index >= 15 is 0 Å². The lowest BCUT2D eigenvalue weighted by molar-refractivity contribution is -0.678. The quantitative estimate of drug-likeness (QED) is 0.518. The molecule has 0 bridgehead atoms. The molecule has 0 amide bonds. The number of rotatable bonds is 2. The lowest BCUT2D eigenvalue weighted by Crippen LogP contribution is -2.27. The van der Waals surface area contributed by atoms with Crippen molar-refractivity contribution in [1.29, 1.82) is 0 Å². The molecule has 0 aliphatic rings. The molecule has 0 saturated carbocycles. The Morgan fingerprint density at radius 1 is 0.933 bits per heavy atom. The predicted octanol–water partition coefficient (Wildman–Crippen LogP) is 2.25. The lowest BCUT2D eigenvalue weighted by Gasteiger charge is -1.95. The van der Waals surface area contributed by atoms with Crippen LogP contribution in [0.2, 0.25) is 0 Å². The van der Waals surface area contributed by atoms with Gasteiger partial charge < -0.3 is 0 Å². The molecule has 0 radical (unpaired) electrons. The number of nitrogens with zero attached hydrogens (tertiary/aromatic N) is 2. The van der Waals surface area contributed by atoms with Gasteiger partial charge in [0.1, 0.15) is 5.71 Å². The number of hydrogen-bond donors (Lipinski definition) is 0. The van der Waals surface area contributed by atoms with Gasteiger partial charge in [-0.3, -0.25) is 0 Å². The van der Waals surface area contributed by atoms with E-state index in [1.54, 1.807) is 0 Å². The summed E-state index contributed by atoms with van der Waals surface area (Å²) in [7, 11) is 0. The summed E-state index contributed by atoms with van der Waals surface area (Å²) in [6, 6.07) is 16.1. The first-order valence-corrected chi connectivity index (χ1v) is 4.93. The highest BCUT2D eigenvalue weighted by Gasteiger charge is 2.00. The third-order valence-electron chi connectivity index (χ3n) is 2.16. The van der Waals surface area contributed by atoms with Gasteiger partial charge >= 0.3 is 0 Å². The van der Waals surface area contributed by atoms with Gasteiger partial charge in [0.25, 0.3) is 0 Å². The third kappa shape index (κ3) is 2.50. The number of benzene rings is 1. The van der Waals surface area contributed by atoms with Crippen LogP contribution < -0.4 is 4.68 Å². The summed E-state index contributed by atoms with van der Waals surface area (Å²) in [5, 5.41) is 4.46. The van der Waals surface area contributed by atoms with Crippen molar-refractivity contribution in [3.8, 4) is 0 Å². The monoisotopic (exact) mass is 197 g/mol. The predicted molar refractivity (Wildman–Crippen MR) is 60.7 cm³/mol. The summed E-state index contributed by atoms with van der Waals surface area (Å²) < 4.78 is 1.81. The van der Waals surface area contributed by atoms with E-state index in [2.05, 4.69) is 17.2 Å². The summed E-state index contributed by atoms with van der Waals surface area (Å²) in [5.41, 5.74) is 2.15. The van der Waals surface area contributed by atoms with Gasteiger partial charge in [0.2, 0.25) is 12.4 Å². The van der Waals surface area contributed by atoms with E-state index in [4.69, 9.17) is 0 Å². The average Bonchev–Trinajstić information content (AvgIpc) is 2.31. The van der Waals surface area contributed by atoms with E-state index in [1.165, 1.54) is 0 Å². The van der Waals surface area contributed by atoms with Crippen LogP contribution in [0.1, 0.15) is 12.5 Å². The van der Waals surface area contributed by atoms with Crippen molar-refractivity contribution in [3.05, 3.63) is 66.5 Å². The number of pyridine rings is 1. The Morgan fingerprint density at radius 2 is 1.53 bits per heavy atom. The molecule has 0 atom stereocenters. The molecule has 74 valence electrons. The van der Waals surface area contributed by atoms with E-state index in [0.717, 1.165) is 11.3 Å². The van der Waals surface area contributed by atoms with Crippen LogP contribution in [0.25, 0.3) is 0 Å². The fraction of sp³-hybridized carbons (Fsp3) is 0.0769. The molecule has 2 nitrogen and oxygen atoms in total. The normalized spacial score (nSPS) is 11.4. The molecule has 2 heteroatoms. The maximum Gasteiger partial charge on any atom is 0.202 e. The Kier molecular flexibility index (Phi) is 2.88. The van der Waals surface area contributed by atoms with Gasteiger partial charge in [-0.05, 0) is 6.92 Å². The highest BCUT2D eigenvalue weighted by Crippen LogP contribution is 1.99. The Hall–Kier alpha value is -1.96. The van der Waals surface area contributed by atoms with Crippen molar-refractivity contribution in [2.75, 3.05) is 0 Å². The minimum absolute atomic E-state index is 1.01. The standard InChI is InChI=1S/C13H13N2/c1-12(13-8-4-2-5-9-13)14-15-10-6-3-7-11-15/h2-11H,1H3/q+1. The first kappa shape index (κ1) is 9.59. The van der Waals surface area contributed by atoms with Gasteiger partial charge in [-0.25, -0.2) is 0 Å². The minimum atomic E-state index is 1.01. The maximum absolute atomic E-state index is 4.46. The van der Waals surface area contributed by atoms with Crippen molar-refractivity contribution in [1.82, 2.24) is 0 Å². The number of aromatic nitrogens is 1. The van der Waals surface area contributed by atoms with Crippen LogP contribution in [0.4, 0.5) is 0 Å². The molecular weight excluding hydrogens is 184 g/mol. The van der Waals surface area contributed by atoms with Crippen molar-refractivity contribution >= 4 is 5.71 Å². The van der Waals surface area contributed by atoms with Gasteiger partial charge in [-0.15, -0.1) is 0 Å². The molecule has 0 aliphatic heterocycles. The van der Waals surface area contributed by atoms with Crippen LogP contribution in [0, 0.1) is 0 Å². The molecule has 1 heterocycles. The summed E-state index contributed by atoms with van der Waals surface area (Å²) >= 11 is 0. The molecular formula is C13H13N2+. The smallest absolute Gasteiger partial charge is 0.0622 e. The van der Waals surface area contributed by atoms with Crippen LogP contribution in [-0.4, -0.2) is 5.71 Å². The molecule has 0 saturated heterocycles. The van der Waals surface area contributed by atoms with Crippen molar-refractivity contribution in [2.45, 2.75) is 6.92 Å². The van der Waals surface area contributed by atoms with Crippen molar-refractivity contribution in [2.24, 2.45) is 5.10 Å². The minimum Gasteiger partial charge on any atom is -0.0622 e. The Morgan fingerprint density at radius 3 is 2.20 bits per heavy atom. The highest BCUT2D eigenvalue weighted by atomic mass is 15.3. The molecule has 2 rings (SSSR count). The molecule has 1 aromatic carbocycles. The zero-order valence-electron chi connectivity index (χ0n) is 8.67. The first-order chi connectivity index (χ1) is 7.36.